The van der Waals surface area contributed by atoms with Crippen molar-refractivity contribution in [2.45, 2.75) is 12.8 Å². The predicted octanol–water partition coefficient (Wildman–Crippen LogP) is 5.58. The third-order valence-corrected chi connectivity index (χ3v) is 4.31. The van der Waals surface area contributed by atoms with Crippen LogP contribution in [-0.4, -0.2) is 11.9 Å². The summed E-state index contributed by atoms with van der Waals surface area (Å²) in [4.78, 5) is 25.1. The standard InChI is InChI=1S/C26H22O4/c1-3-8-19-10-5-14-23(16-19)29-25(27)21-12-7-13-22(18-21)26(28)30-24-15-6-11-20(17-24)9-4-2/h3-7,10-18H,1-2,8-9H2. The van der Waals surface area contributed by atoms with Crippen LogP contribution in [0.1, 0.15) is 31.8 Å². The third-order valence-electron chi connectivity index (χ3n) is 4.31. The van der Waals surface area contributed by atoms with Gasteiger partial charge in [0.1, 0.15) is 11.5 Å². The molecule has 0 bridgehead atoms. The number of carbonyl (C=O) groups excluding carboxylic acids is 2. The van der Waals surface area contributed by atoms with Gasteiger partial charge >= 0.3 is 11.9 Å². The molecule has 0 radical (unpaired) electrons. The summed E-state index contributed by atoms with van der Waals surface area (Å²) in [6, 6.07) is 20.8. The van der Waals surface area contributed by atoms with Crippen molar-refractivity contribution in [2.24, 2.45) is 0 Å². The zero-order valence-corrected chi connectivity index (χ0v) is 16.5. The largest absolute Gasteiger partial charge is 0.423 e. The minimum Gasteiger partial charge on any atom is -0.423 e. The Labute approximate surface area is 176 Å². The first-order valence-electron chi connectivity index (χ1n) is 9.53. The molecule has 0 saturated heterocycles. The molecule has 0 aliphatic rings. The molecule has 4 heteroatoms. The van der Waals surface area contributed by atoms with E-state index in [4.69, 9.17) is 9.47 Å². The van der Waals surface area contributed by atoms with Crippen LogP contribution in [-0.2, 0) is 12.8 Å². The number of carbonyl (C=O) groups is 2. The number of esters is 2. The van der Waals surface area contributed by atoms with Gasteiger partial charge in [-0.15, -0.1) is 13.2 Å². The van der Waals surface area contributed by atoms with Crippen LogP contribution >= 0.6 is 0 Å². The number of hydrogen-bond acceptors (Lipinski definition) is 4. The Morgan fingerprint density at radius 3 is 1.53 bits per heavy atom. The van der Waals surface area contributed by atoms with E-state index in [9.17, 15) is 9.59 Å². The monoisotopic (exact) mass is 398 g/mol. The molecular formula is C26H22O4. The van der Waals surface area contributed by atoms with Gasteiger partial charge in [0.15, 0.2) is 0 Å². The molecule has 0 amide bonds. The maximum atomic E-state index is 12.5. The number of benzene rings is 3. The molecule has 3 rings (SSSR count). The SMILES string of the molecule is C=CCc1cccc(OC(=O)c2cccc(C(=O)Oc3cccc(CC=C)c3)c2)c1. The van der Waals surface area contributed by atoms with E-state index in [-0.39, 0.29) is 11.1 Å². The van der Waals surface area contributed by atoms with Gasteiger partial charge in [0.05, 0.1) is 11.1 Å². The van der Waals surface area contributed by atoms with E-state index in [1.807, 2.05) is 24.3 Å². The van der Waals surface area contributed by atoms with Crippen LogP contribution in [0.4, 0.5) is 0 Å². The lowest BCUT2D eigenvalue weighted by Crippen LogP contribution is -2.12. The highest BCUT2D eigenvalue weighted by atomic mass is 16.5. The Kier molecular flexibility index (Phi) is 6.95. The van der Waals surface area contributed by atoms with Crippen LogP contribution in [0.5, 0.6) is 11.5 Å². The van der Waals surface area contributed by atoms with Crippen molar-refractivity contribution in [3.63, 3.8) is 0 Å². The van der Waals surface area contributed by atoms with Gasteiger partial charge in [0.25, 0.3) is 0 Å². The Morgan fingerprint density at radius 1 is 0.667 bits per heavy atom. The second-order valence-electron chi connectivity index (χ2n) is 6.64. The van der Waals surface area contributed by atoms with Gasteiger partial charge in [0, 0.05) is 0 Å². The summed E-state index contributed by atoms with van der Waals surface area (Å²) in [7, 11) is 0. The molecule has 0 spiro atoms. The molecule has 3 aromatic rings. The molecule has 0 heterocycles. The first-order chi connectivity index (χ1) is 14.6. The maximum Gasteiger partial charge on any atom is 0.343 e. The van der Waals surface area contributed by atoms with Crippen LogP contribution in [0.3, 0.4) is 0 Å². The Balaban J connectivity index is 1.72. The van der Waals surface area contributed by atoms with Gasteiger partial charge in [-0.2, -0.15) is 0 Å². The highest BCUT2D eigenvalue weighted by molar-refractivity contribution is 5.96. The fourth-order valence-electron chi connectivity index (χ4n) is 2.91. The van der Waals surface area contributed by atoms with E-state index in [0.717, 1.165) is 11.1 Å². The molecule has 30 heavy (non-hydrogen) atoms. The molecule has 0 N–H and O–H groups in total. The molecule has 150 valence electrons. The molecular weight excluding hydrogens is 376 g/mol. The minimum absolute atomic E-state index is 0.263. The van der Waals surface area contributed by atoms with Crippen molar-refractivity contribution >= 4 is 11.9 Å². The van der Waals surface area contributed by atoms with Crippen LogP contribution in [0.25, 0.3) is 0 Å². The Bertz CT molecular complexity index is 999. The fraction of sp³-hybridized carbons (Fsp3) is 0.0769. The highest BCUT2D eigenvalue weighted by Crippen LogP contribution is 2.18. The molecule has 3 aromatic carbocycles. The van der Waals surface area contributed by atoms with Gasteiger partial charge in [-0.05, 0) is 66.4 Å². The van der Waals surface area contributed by atoms with E-state index in [1.54, 1.807) is 54.6 Å². The van der Waals surface area contributed by atoms with Crippen molar-refractivity contribution in [3.8, 4) is 11.5 Å². The van der Waals surface area contributed by atoms with Gasteiger partial charge in [-0.1, -0.05) is 42.5 Å². The van der Waals surface area contributed by atoms with Crippen molar-refractivity contribution in [2.75, 3.05) is 0 Å². The highest BCUT2D eigenvalue weighted by Gasteiger charge is 2.14. The van der Waals surface area contributed by atoms with Crippen LogP contribution < -0.4 is 9.47 Å². The normalized spacial score (nSPS) is 10.1. The molecule has 0 aliphatic carbocycles. The van der Waals surface area contributed by atoms with E-state index < -0.39 is 11.9 Å². The third kappa shape index (κ3) is 5.55. The van der Waals surface area contributed by atoms with Crippen LogP contribution in [0.2, 0.25) is 0 Å². The van der Waals surface area contributed by atoms with Crippen LogP contribution in [0, 0.1) is 0 Å². The summed E-state index contributed by atoms with van der Waals surface area (Å²) in [5, 5.41) is 0. The van der Waals surface area contributed by atoms with Gasteiger partial charge in [0.2, 0.25) is 0 Å². The number of ether oxygens (including phenoxy) is 2. The summed E-state index contributed by atoms with van der Waals surface area (Å²) in [6.45, 7) is 7.42. The summed E-state index contributed by atoms with van der Waals surface area (Å²) in [5.74, 6) is -0.223. The summed E-state index contributed by atoms with van der Waals surface area (Å²) in [5.41, 5.74) is 2.51. The van der Waals surface area contributed by atoms with Crippen molar-refractivity contribution in [1.29, 1.82) is 0 Å². The zero-order valence-electron chi connectivity index (χ0n) is 16.5. The molecule has 0 fully saturated rings. The first-order valence-corrected chi connectivity index (χ1v) is 9.53. The fourth-order valence-corrected chi connectivity index (χ4v) is 2.91. The topological polar surface area (TPSA) is 52.6 Å². The predicted molar refractivity (Wildman–Crippen MR) is 117 cm³/mol. The van der Waals surface area contributed by atoms with E-state index in [0.29, 0.717) is 24.3 Å². The minimum atomic E-state index is -0.548. The summed E-state index contributed by atoms with van der Waals surface area (Å²) in [6.07, 6.45) is 4.92. The van der Waals surface area contributed by atoms with Gasteiger partial charge in [-0.25, -0.2) is 9.59 Å². The second-order valence-corrected chi connectivity index (χ2v) is 6.64. The van der Waals surface area contributed by atoms with E-state index in [1.165, 1.54) is 6.07 Å². The summed E-state index contributed by atoms with van der Waals surface area (Å²) >= 11 is 0. The lowest BCUT2D eigenvalue weighted by molar-refractivity contribution is 0.0734. The van der Waals surface area contributed by atoms with E-state index >= 15 is 0 Å². The zero-order chi connectivity index (χ0) is 21.3. The number of hydrogen-bond donors (Lipinski definition) is 0. The van der Waals surface area contributed by atoms with Crippen LogP contribution in [0.15, 0.2) is 98.1 Å². The molecule has 0 atom stereocenters. The quantitative estimate of drug-likeness (QED) is 0.282. The first kappa shape index (κ1) is 20.8. The maximum absolute atomic E-state index is 12.5. The Hall–Kier alpha value is -3.92. The van der Waals surface area contributed by atoms with Gasteiger partial charge < -0.3 is 9.47 Å². The van der Waals surface area contributed by atoms with E-state index in [2.05, 4.69) is 13.2 Å². The summed E-state index contributed by atoms with van der Waals surface area (Å²) < 4.78 is 10.9. The molecule has 0 aliphatic heterocycles. The molecule has 0 saturated carbocycles. The van der Waals surface area contributed by atoms with Crippen molar-refractivity contribution in [3.05, 3.63) is 120 Å². The molecule has 0 unspecified atom stereocenters. The lowest BCUT2D eigenvalue weighted by atomic mass is 10.1. The number of rotatable bonds is 8. The smallest absolute Gasteiger partial charge is 0.343 e. The average Bonchev–Trinajstić information content (AvgIpc) is 2.75. The van der Waals surface area contributed by atoms with Crippen molar-refractivity contribution < 1.29 is 19.1 Å². The number of allylic oxidation sites excluding steroid dienone is 2. The molecule has 0 aromatic heterocycles. The molecule has 4 nitrogen and oxygen atoms in total. The van der Waals surface area contributed by atoms with Gasteiger partial charge in [-0.3, -0.25) is 0 Å². The second kappa shape index (κ2) is 10.0. The van der Waals surface area contributed by atoms with Crippen molar-refractivity contribution in [1.82, 2.24) is 0 Å². The lowest BCUT2D eigenvalue weighted by Gasteiger charge is -2.08. The Morgan fingerprint density at radius 2 is 1.10 bits per heavy atom. The average molecular weight is 398 g/mol.